The number of ether oxygens (including phenoxy) is 1. The zero-order valence-electron chi connectivity index (χ0n) is 11.3. The average molecular weight is 226 g/mol. The van der Waals surface area contributed by atoms with Crippen molar-refractivity contribution >= 4 is 0 Å². The number of hydrogen-bond donors (Lipinski definition) is 0. The minimum Gasteiger partial charge on any atom is -0.383 e. The second-order valence-electron chi connectivity index (χ2n) is 4.88. The molecule has 0 heterocycles. The molecule has 0 aliphatic heterocycles. The summed E-state index contributed by atoms with van der Waals surface area (Å²) in [6.45, 7) is 10.2. The Morgan fingerprint density at radius 1 is 1.25 bits per heavy atom. The maximum absolute atomic E-state index is 8.89. The van der Waals surface area contributed by atoms with Crippen LogP contribution in [0.2, 0.25) is 0 Å². The van der Waals surface area contributed by atoms with Gasteiger partial charge in [-0.15, -0.1) is 0 Å². The highest BCUT2D eigenvalue weighted by molar-refractivity contribution is 4.91. The Morgan fingerprint density at radius 2 is 1.94 bits per heavy atom. The number of methoxy groups -OCH3 is 1. The number of hydrogen-bond acceptors (Lipinski definition) is 3. The summed E-state index contributed by atoms with van der Waals surface area (Å²) in [4.78, 5) is 2.39. The van der Waals surface area contributed by atoms with Crippen LogP contribution in [0.4, 0.5) is 0 Å². The maximum atomic E-state index is 8.89. The number of rotatable bonds is 9. The van der Waals surface area contributed by atoms with Crippen LogP contribution >= 0.6 is 0 Å². The van der Waals surface area contributed by atoms with Crippen molar-refractivity contribution in [2.24, 2.45) is 5.41 Å². The molecule has 0 bridgehead atoms. The lowest BCUT2D eigenvalue weighted by Crippen LogP contribution is -2.28. The largest absolute Gasteiger partial charge is 0.383 e. The van der Waals surface area contributed by atoms with Crippen LogP contribution in [0, 0.1) is 16.7 Å². The Hall–Kier alpha value is -0.590. The third-order valence-corrected chi connectivity index (χ3v) is 2.89. The Balaban J connectivity index is 3.60. The molecule has 16 heavy (non-hydrogen) atoms. The van der Waals surface area contributed by atoms with E-state index in [0.29, 0.717) is 0 Å². The van der Waals surface area contributed by atoms with Crippen molar-refractivity contribution in [3.05, 3.63) is 0 Å². The Bertz CT molecular complexity index is 208. The number of likely N-dealkylation sites (N-methyl/N-ethyl adjacent to an activating group) is 1. The quantitative estimate of drug-likeness (QED) is 0.567. The molecule has 0 atom stereocenters. The van der Waals surface area contributed by atoms with E-state index in [-0.39, 0.29) is 5.41 Å². The van der Waals surface area contributed by atoms with Gasteiger partial charge in [0, 0.05) is 13.7 Å². The summed E-state index contributed by atoms with van der Waals surface area (Å²) in [6, 6.07) is 2.34. The van der Waals surface area contributed by atoms with Gasteiger partial charge in [0.25, 0.3) is 0 Å². The Kier molecular flexibility index (Phi) is 8.23. The zero-order valence-corrected chi connectivity index (χ0v) is 11.3. The van der Waals surface area contributed by atoms with Gasteiger partial charge in [-0.3, -0.25) is 0 Å². The summed E-state index contributed by atoms with van der Waals surface area (Å²) in [6.07, 6.45) is 3.29. The van der Waals surface area contributed by atoms with Gasteiger partial charge in [-0.1, -0.05) is 13.3 Å². The fourth-order valence-corrected chi connectivity index (χ4v) is 1.61. The van der Waals surface area contributed by atoms with Crippen molar-refractivity contribution < 1.29 is 4.74 Å². The SMILES string of the molecule is CCN(CCCCC(C)(C)C#N)CCOC. The molecule has 0 radical (unpaired) electrons. The normalized spacial score (nSPS) is 11.8. The highest BCUT2D eigenvalue weighted by atomic mass is 16.5. The van der Waals surface area contributed by atoms with Crippen LogP contribution in [-0.2, 0) is 4.74 Å². The van der Waals surface area contributed by atoms with E-state index in [1.807, 2.05) is 13.8 Å². The van der Waals surface area contributed by atoms with E-state index in [1.54, 1.807) is 7.11 Å². The third-order valence-electron chi connectivity index (χ3n) is 2.89. The second-order valence-corrected chi connectivity index (χ2v) is 4.88. The minimum atomic E-state index is -0.163. The summed E-state index contributed by atoms with van der Waals surface area (Å²) in [5, 5.41) is 8.89. The van der Waals surface area contributed by atoms with Gasteiger partial charge in [0.1, 0.15) is 0 Å². The van der Waals surface area contributed by atoms with E-state index >= 15 is 0 Å². The van der Waals surface area contributed by atoms with Crippen molar-refractivity contribution in [1.82, 2.24) is 4.90 Å². The Labute approximate surface area is 100 Å². The lowest BCUT2D eigenvalue weighted by Gasteiger charge is -2.21. The predicted octanol–water partition coefficient (Wildman–Crippen LogP) is 2.67. The lowest BCUT2D eigenvalue weighted by atomic mass is 9.89. The van der Waals surface area contributed by atoms with E-state index in [2.05, 4.69) is 17.9 Å². The van der Waals surface area contributed by atoms with Crippen LogP contribution in [0.25, 0.3) is 0 Å². The van der Waals surface area contributed by atoms with Gasteiger partial charge >= 0.3 is 0 Å². The predicted molar refractivity (Wildman–Crippen MR) is 67.2 cm³/mol. The molecule has 94 valence electrons. The first-order valence-corrected chi connectivity index (χ1v) is 6.18. The van der Waals surface area contributed by atoms with Gasteiger partial charge in [-0.2, -0.15) is 5.26 Å². The van der Waals surface area contributed by atoms with Crippen LogP contribution in [0.5, 0.6) is 0 Å². The molecule has 0 amide bonds. The summed E-state index contributed by atoms with van der Waals surface area (Å²) >= 11 is 0. The van der Waals surface area contributed by atoms with E-state index in [4.69, 9.17) is 10.00 Å². The summed E-state index contributed by atoms with van der Waals surface area (Å²) in [7, 11) is 1.74. The number of unbranched alkanes of at least 4 members (excludes halogenated alkanes) is 1. The fraction of sp³-hybridized carbons (Fsp3) is 0.923. The zero-order chi connectivity index (χ0) is 12.4. The topological polar surface area (TPSA) is 36.3 Å². The summed E-state index contributed by atoms with van der Waals surface area (Å²) in [5.41, 5.74) is -0.163. The smallest absolute Gasteiger partial charge is 0.0683 e. The first-order chi connectivity index (χ1) is 7.55. The van der Waals surface area contributed by atoms with Crippen LogP contribution in [0.3, 0.4) is 0 Å². The van der Waals surface area contributed by atoms with Gasteiger partial charge in [0.05, 0.1) is 18.1 Å². The van der Waals surface area contributed by atoms with Crippen molar-refractivity contribution in [3.63, 3.8) is 0 Å². The van der Waals surface area contributed by atoms with Crippen LogP contribution in [-0.4, -0.2) is 38.3 Å². The van der Waals surface area contributed by atoms with Gasteiger partial charge in [0.15, 0.2) is 0 Å². The first kappa shape index (κ1) is 15.4. The highest BCUT2D eigenvalue weighted by Gasteiger charge is 2.15. The van der Waals surface area contributed by atoms with Gasteiger partial charge in [-0.05, 0) is 39.8 Å². The molecule has 0 spiro atoms. The van der Waals surface area contributed by atoms with Gasteiger partial charge in [-0.25, -0.2) is 0 Å². The molecule has 0 aromatic rings. The maximum Gasteiger partial charge on any atom is 0.0683 e. The lowest BCUT2D eigenvalue weighted by molar-refractivity contribution is 0.149. The molecule has 3 nitrogen and oxygen atoms in total. The molecule has 0 rings (SSSR count). The minimum absolute atomic E-state index is 0.163. The van der Waals surface area contributed by atoms with Crippen LogP contribution < -0.4 is 0 Å². The monoisotopic (exact) mass is 226 g/mol. The van der Waals surface area contributed by atoms with Crippen molar-refractivity contribution in [1.29, 1.82) is 5.26 Å². The Morgan fingerprint density at radius 3 is 2.44 bits per heavy atom. The molecule has 0 aliphatic rings. The van der Waals surface area contributed by atoms with E-state index in [9.17, 15) is 0 Å². The fourth-order valence-electron chi connectivity index (χ4n) is 1.61. The molecule has 0 saturated heterocycles. The molecular weight excluding hydrogens is 200 g/mol. The molecule has 0 aliphatic carbocycles. The van der Waals surface area contributed by atoms with Crippen molar-refractivity contribution in [3.8, 4) is 6.07 Å². The highest BCUT2D eigenvalue weighted by Crippen LogP contribution is 2.21. The standard InChI is InChI=1S/C13H26N2O/c1-5-15(10-11-16-4)9-7-6-8-13(2,3)12-14/h5-11H2,1-4H3. The molecule has 0 N–H and O–H groups in total. The molecule has 0 unspecified atom stereocenters. The molecule has 0 aromatic heterocycles. The van der Waals surface area contributed by atoms with E-state index in [0.717, 1.165) is 39.1 Å². The van der Waals surface area contributed by atoms with E-state index in [1.165, 1.54) is 6.42 Å². The van der Waals surface area contributed by atoms with Gasteiger partial charge in [0.2, 0.25) is 0 Å². The molecule has 3 heteroatoms. The molecule has 0 aromatic carbocycles. The number of nitrogens with zero attached hydrogens (tertiary/aromatic N) is 2. The van der Waals surface area contributed by atoms with Crippen molar-refractivity contribution in [2.75, 3.05) is 33.4 Å². The van der Waals surface area contributed by atoms with Crippen LogP contribution in [0.1, 0.15) is 40.0 Å². The number of nitriles is 1. The third kappa shape index (κ3) is 7.67. The van der Waals surface area contributed by atoms with Crippen LogP contribution in [0.15, 0.2) is 0 Å². The van der Waals surface area contributed by atoms with E-state index < -0.39 is 0 Å². The molecular formula is C13H26N2O. The average Bonchev–Trinajstić information content (AvgIpc) is 2.28. The summed E-state index contributed by atoms with van der Waals surface area (Å²) in [5.74, 6) is 0. The van der Waals surface area contributed by atoms with Crippen molar-refractivity contribution in [2.45, 2.75) is 40.0 Å². The molecule has 0 fully saturated rings. The summed E-state index contributed by atoms with van der Waals surface area (Å²) < 4.78 is 5.07. The second kappa shape index (κ2) is 8.55. The molecule has 0 saturated carbocycles. The first-order valence-electron chi connectivity index (χ1n) is 6.18. The van der Waals surface area contributed by atoms with Gasteiger partial charge < -0.3 is 9.64 Å².